The summed E-state index contributed by atoms with van der Waals surface area (Å²) in [5.74, 6) is 5.63. The van der Waals surface area contributed by atoms with E-state index in [1.54, 1.807) is 0 Å². The van der Waals surface area contributed by atoms with Crippen LogP contribution in [0.3, 0.4) is 0 Å². The number of amides is 1. The fourth-order valence-electron chi connectivity index (χ4n) is 3.38. The minimum Gasteiger partial charge on any atom is -0.354 e. The zero-order valence-electron chi connectivity index (χ0n) is 12.1. The topological polar surface area (TPSA) is 58.4 Å². The summed E-state index contributed by atoms with van der Waals surface area (Å²) in [4.78, 5) is 14.1. The van der Waals surface area contributed by atoms with Gasteiger partial charge in [0.05, 0.1) is 0 Å². The molecule has 2 atom stereocenters. The second-order valence-electron chi connectivity index (χ2n) is 6.03. The van der Waals surface area contributed by atoms with Crippen LogP contribution >= 0.6 is 0 Å². The molecule has 0 saturated heterocycles. The number of para-hydroxylation sites is 1. The normalized spacial score (nSPS) is 22.6. The van der Waals surface area contributed by atoms with E-state index in [0.29, 0.717) is 5.92 Å². The molecule has 0 fully saturated rings. The number of nitrogens with one attached hydrogen (secondary N) is 1. The van der Waals surface area contributed by atoms with Crippen LogP contribution in [0.5, 0.6) is 0 Å². The van der Waals surface area contributed by atoms with Crippen LogP contribution in [0.15, 0.2) is 24.3 Å². The number of hydrogen-bond acceptors (Lipinski definition) is 3. The largest absolute Gasteiger partial charge is 0.354 e. The lowest BCUT2D eigenvalue weighted by Gasteiger charge is -2.49. The van der Waals surface area contributed by atoms with Crippen LogP contribution in [0.25, 0.3) is 0 Å². The van der Waals surface area contributed by atoms with Crippen LogP contribution in [0.4, 0.5) is 5.69 Å². The molecule has 1 aliphatic heterocycles. The molecule has 1 aromatic rings. The van der Waals surface area contributed by atoms with Gasteiger partial charge in [-0.15, -0.1) is 0 Å². The zero-order chi connectivity index (χ0) is 14.2. The van der Waals surface area contributed by atoms with Crippen LogP contribution in [0, 0.1) is 0 Å². The van der Waals surface area contributed by atoms with Gasteiger partial charge >= 0.3 is 0 Å². The number of nitrogens with two attached hydrogens (primary N) is 1. The Kier molecular flexibility index (Phi) is 3.54. The molecule has 0 spiro atoms. The zero-order valence-corrected chi connectivity index (χ0v) is 12.1. The summed E-state index contributed by atoms with van der Waals surface area (Å²) in [7, 11) is 0. The summed E-state index contributed by atoms with van der Waals surface area (Å²) < 4.78 is 0. The number of rotatable bonds is 2. The lowest BCUT2D eigenvalue weighted by molar-refractivity contribution is -0.122. The maximum absolute atomic E-state index is 11.9. The number of anilines is 1. The molecule has 2 rings (SSSR count). The molecule has 1 heterocycles. The number of hydrazine groups is 1. The average Bonchev–Trinajstić information content (AvgIpc) is 2.36. The van der Waals surface area contributed by atoms with Crippen molar-refractivity contribution in [3.63, 3.8) is 0 Å². The van der Waals surface area contributed by atoms with Crippen LogP contribution in [0.2, 0.25) is 0 Å². The van der Waals surface area contributed by atoms with Crippen molar-refractivity contribution in [3.05, 3.63) is 29.8 Å². The Hall–Kier alpha value is -1.55. The van der Waals surface area contributed by atoms with E-state index >= 15 is 0 Å². The molecule has 1 aliphatic rings. The summed E-state index contributed by atoms with van der Waals surface area (Å²) in [5, 5.41) is 0. The summed E-state index contributed by atoms with van der Waals surface area (Å²) in [6.07, 6.45) is 1.02. The molecule has 0 radical (unpaired) electrons. The minimum atomic E-state index is -0.284. The van der Waals surface area contributed by atoms with Gasteiger partial charge in [-0.05, 0) is 44.7 Å². The summed E-state index contributed by atoms with van der Waals surface area (Å²) in [5.41, 5.74) is 4.64. The van der Waals surface area contributed by atoms with Crippen LogP contribution < -0.4 is 16.2 Å². The average molecular weight is 261 g/mol. The van der Waals surface area contributed by atoms with Crippen LogP contribution in [0.1, 0.15) is 45.6 Å². The number of benzene rings is 1. The van der Waals surface area contributed by atoms with E-state index in [1.165, 1.54) is 5.56 Å². The van der Waals surface area contributed by atoms with Crippen molar-refractivity contribution >= 4 is 11.6 Å². The highest BCUT2D eigenvalue weighted by Crippen LogP contribution is 2.44. The molecule has 104 valence electrons. The van der Waals surface area contributed by atoms with Crippen molar-refractivity contribution in [3.8, 4) is 0 Å². The molecule has 19 heavy (non-hydrogen) atoms. The van der Waals surface area contributed by atoms with Gasteiger partial charge in [0.1, 0.15) is 6.04 Å². The lowest BCUT2D eigenvalue weighted by atomic mass is 9.79. The SMILES string of the molecule is CC1CC(C)(C)N(C(C)C(=O)NN)c2ccccc21. The Morgan fingerprint density at radius 2 is 2.11 bits per heavy atom. The molecule has 4 heteroatoms. The van der Waals surface area contributed by atoms with Crippen LogP contribution in [-0.2, 0) is 4.79 Å². The van der Waals surface area contributed by atoms with Crippen molar-refractivity contribution < 1.29 is 4.79 Å². The fraction of sp³-hybridized carbons (Fsp3) is 0.533. The molecule has 0 saturated carbocycles. The minimum absolute atomic E-state index is 0.0697. The Labute approximate surface area is 114 Å². The Bertz CT molecular complexity index is 484. The predicted molar refractivity (Wildman–Crippen MR) is 77.8 cm³/mol. The van der Waals surface area contributed by atoms with Gasteiger partial charge in [-0.25, -0.2) is 5.84 Å². The highest BCUT2D eigenvalue weighted by molar-refractivity contribution is 5.85. The number of fused-ring (bicyclic) bond motifs is 1. The quantitative estimate of drug-likeness (QED) is 0.487. The highest BCUT2D eigenvalue weighted by atomic mass is 16.2. The summed E-state index contributed by atoms with van der Waals surface area (Å²) >= 11 is 0. The van der Waals surface area contributed by atoms with Gasteiger partial charge < -0.3 is 4.90 Å². The second kappa shape index (κ2) is 4.85. The first-order valence-corrected chi connectivity index (χ1v) is 6.77. The Balaban J connectivity index is 2.50. The molecule has 3 N–H and O–H groups in total. The summed E-state index contributed by atoms with van der Waals surface area (Å²) in [6.45, 7) is 8.50. The highest BCUT2D eigenvalue weighted by Gasteiger charge is 2.40. The van der Waals surface area contributed by atoms with E-state index in [1.807, 2.05) is 13.0 Å². The lowest BCUT2D eigenvalue weighted by Crippen LogP contribution is -2.58. The first-order valence-electron chi connectivity index (χ1n) is 6.77. The molecule has 4 nitrogen and oxygen atoms in total. The monoisotopic (exact) mass is 261 g/mol. The molecule has 0 aromatic heterocycles. The number of nitrogens with zero attached hydrogens (tertiary/aromatic N) is 1. The maximum atomic E-state index is 11.9. The van der Waals surface area contributed by atoms with E-state index < -0.39 is 0 Å². The van der Waals surface area contributed by atoms with E-state index in [4.69, 9.17) is 5.84 Å². The molecular formula is C15H23N3O. The standard InChI is InChI=1S/C15H23N3O/c1-10-9-15(3,4)18(11(2)14(19)17-16)13-8-6-5-7-12(10)13/h5-8,10-11H,9,16H2,1-4H3,(H,17,19). The van der Waals surface area contributed by atoms with E-state index in [-0.39, 0.29) is 17.5 Å². The van der Waals surface area contributed by atoms with Gasteiger partial charge in [0.15, 0.2) is 0 Å². The van der Waals surface area contributed by atoms with Crippen molar-refractivity contribution in [2.45, 2.75) is 51.6 Å². The van der Waals surface area contributed by atoms with Gasteiger partial charge in [0.2, 0.25) is 0 Å². The van der Waals surface area contributed by atoms with Crippen molar-refractivity contribution in [1.82, 2.24) is 5.43 Å². The molecule has 0 aliphatic carbocycles. The Morgan fingerprint density at radius 3 is 2.74 bits per heavy atom. The van der Waals surface area contributed by atoms with Gasteiger partial charge in [-0.3, -0.25) is 10.2 Å². The van der Waals surface area contributed by atoms with E-state index in [0.717, 1.165) is 12.1 Å². The number of hydrogen-bond donors (Lipinski definition) is 2. The molecule has 1 aromatic carbocycles. The Morgan fingerprint density at radius 1 is 1.47 bits per heavy atom. The number of carbonyl (C=O) groups is 1. The van der Waals surface area contributed by atoms with Crippen molar-refractivity contribution in [1.29, 1.82) is 0 Å². The second-order valence-corrected chi connectivity index (χ2v) is 6.03. The summed E-state index contributed by atoms with van der Waals surface area (Å²) in [6, 6.07) is 8.03. The van der Waals surface area contributed by atoms with Crippen molar-refractivity contribution in [2.24, 2.45) is 5.84 Å². The predicted octanol–water partition coefficient (Wildman–Crippen LogP) is 2.16. The molecule has 0 bridgehead atoms. The third-order valence-electron chi connectivity index (χ3n) is 4.09. The van der Waals surface area contributed by atoms with Crippen molar-refractivity contribution in [2.75, 3.05) is 4.90 Å². The molecular weight excluding hydrogens is 238 g/mol. The van der Waals surface area contributed by atoms with Gasteiger partial charge in [0, 0.05) is 11.2 Å². The van der Waals surface area contributed by atoms with E-state index in [2.05, 4.69) is 49.3 Å². The number of carbonyl (C=O) groups excluding carboxylic acids is 1. The van der Waals surface area contributed by atoms with Gasteiger partial charge in [0.25, 0.3) is 5.91 Å². The first-order chi connectivity index (χ1) is 8.88. The van der Waals surface area contributed by atoms with E-state index in [9.17, 15) is 4.79 Å². The molecule has 1 amide bonds. The van der Waals surface area contributed by atoms with Gasteiger partial charge in [-0.1, -0.05) is 25.1 Å². The third kappa shape index (κ3) is 2.32. The van der Waals surface area contributed by atoms with Gasteiger partial charge in [-0.2, -0.15) is 0 Å². The smallest absolute Gasteiger partial charge is 0.256 e. The third-order valence-corrected chi connectivity index (χ3v) is 4.09. The van der Waals surface area contributed by atoms with Crippen LogP contribution in [-0.4, -0.2) is 17.5 Å². The molecule has 2 unspecified atom stereocenters. The fourth-order valence-corrected chi connectivity index (χ4v) is 3.38. The maximum Gasteiger partial charge on any atom is 0.256 e. The first kappa shape index (κ1) is 13.9.